The third-order valence-corrected chi connectivity index (χ3v) is 6.07. The highest BCUT2D eigenvalue weighted by molar-refractivity contribution is 5.35. The number of halogens is 1. The van der Waals surface area contributed by atoms with Gasteiger partial charge in [-0.3, -0.25) is 4.90 Å². The highest BCUT2D eigenvalue weighted by Crippen LogP contribution is 2.53. The second-order valence-electron chi connectivity index (χ2n) is 8.39. The fourth-order valence-corrected chi connectivity index (χ4v) is 5.31. The molecule has 0 radical (unpaired) electrons. The molecule has 5 nitrogen and oxygen atoms in total. The van der Waals surface area contributed by atoms with E-state index in [1.165, 1.54) is 18.0 Å². The number of benzene rings is 1. The van der Waals surface area contributed by atoms with Gasteiger partial charge in [-0.2, -0.15) is 4.39 Å². The van der Waals surface area contributed by atoms with Gasteiger partial charge in [0.15, 0.2) is 0 Å². The number of aromatic nitrogens is 2. The van der Waals surface area contributed by atoms with Crippen molar-refractivity contribution in [3.8, 4) is 0 Å². The van der Waals surface area contributed by atoms with E-state index in [2.05, 4.69) is 58.3 Å². The Bertz CT molecular complexity index is 787. The number of nitrogens with one attached hydrogen (secondary N) is 1. The second-order valence-corrected chi connectivity index (χ2v) is 8.39. The van der Waals surface area contributed by atoms with Gasteiger partial charge in [0.2, 0.25) is 5.95 Å². The molecule has 2 unspecified atom stereocenters. The summed E-state index contributed by atoms with van der Waals surface area (Å²) in [5.74, 6) is 0.377. The zero-order chi connectivity index (χ0) is 19.0. The Morgan fingerprint density at radius 3 is 2.74 bits per heavy atom. The van der Waals surface area contributed by atoms with Crippen LogP contribution in [0.25, 0.3) is 0 Å². The maximum absolute atomic E-state index is 13.3. The molecule has 6 heteroatoms. The van der Waals surface area contributed by atoms with E-state index in [0.29, 0.717) is 17.8 Å². The lowest BCUT2D eigenvalue weighted by Gasteiger charge is -2.58. The van der Waals surface area contributed by atoms with Crippen molar-refractivity contribution in [2.75, 3.05) is 11.9 Å². The van der Waals surface area contributed by atoms with Gasteiger partial charge in [-0.25, -0.2) is 9.97 Å². The number of likely N-dealkylation sites (tertiary alicyclic amines) is 1. The summed E-state index contributed by atoms with van der Waals surface area (Å²) in [7, 11) is 0. The fourth-order valence-electron chi connectivity index (χ4n) is 5.31. The highest BCUT2D eigenvalue weighted by Gasteiger charge is 2.59. The van der Waals surface area contributed by atoms with Crippen LogP contribution in [0.1, 0.15) is 32.3 Å². The third-order valence-electron chi connectivity index (χ3n) is 6.07. The molecule has 0 bridgehead atoms. The van der Waals surface area contributed by atoms with Gasteiger partial charge in [-0.05, 0) is 24.3 Å². The number of anilines is 1. The maximum Gasteiger partial charge on any atom is 0.217 e. The summed E-state index contributed by atoms with van der Waals surface area (Å²) in [6.07, 6.45) is 2.39. The molecule has 2 fully saturated rings. The average Bonchev–Trinajstić information content (AvgIpc) is 2.92. The molecule has 1 aromatic carbocycles. The normalized spacial score (nSPS) is 30.6. The lowest BCUT2D eigenvalue weighted by atomic mass is 9.65. The van der Waals surface area contributed by atoms with Crippen LogP contribution in [0.3, 0.4) is 0 Å². The quantitative estimate of drug-likeness (QED) is 0.792. The molecule has 144 valence electrons. The summed E-state index contributed by atoms with van der Waals surface area (Å²) in [6, 6.07) is 12.1. The molecular weight excluding hydrogens is 343 g/mol. The summed E-state index contributed by atoms with van der Waals surface area (Å²) in [4.78, 5) is 10.1. The molecule has 1 aliphatic heterocycles. The van der Waals surface area contributed by atoms with Crippen molar-refractivity contribution in [3.63, 3.8) is 0 Å². The molecule has 2 N–H and O–H groups in total. The smallest absolute Gasteiger partial charge is 0.217 e. The summed E-state index contributed by atoms with van der Waals surface area (Å²) < 4.78 is 13.3. The van der Waals surface area contributed by atoms with Gasteiger partial charge in [0.1, 0.15) is 12.1 Å². The number of hydrogen-bond donors (Lipinski definition) is 2. The van der Waals surface area contributed by atoms with Crippen LogP contribution in [-0.4, -0.2) is 44.7 Å². The van der Waals surface area contributed by atoms with Gasteiger partial charge in [-0.15, -0.1) is 0 Å². The van der Waals surface area contributed by atoms with E-state index < -0.39 is 12.1 Å². The minimum Gasteiger partial charge on any atom is -0.391 e. The van der Waals surface area contributed by atoms with Crippen molar-refractivity contribution < 1.29 is 9.50 Å². The Balaban J connectivity index is 1.46. The summed E-state index contributed by atoms with van der Waals surface area (Å²) in [5, 5.41) is 13.9. The molecule has 1 saturated carbocycles. The van der Waals surface area contributed by atoms with Crippen molar-refractivity contribution in [1.29, 1.82) is 0 Å². The molecule has 1 aromatic heterocycles. The summed E-state index contributed by atoms with van der Waals surface area (Å²) in [6.45, 7) is 6.45. The van der Waals surface area contributed by atoms with Crippen LogP contribution in [0.4, 0.5) is 10.2 Å². The topological polar surface area (TPSA) is 61.3 Å². The molecule has 1 spiro atoms. The zero-order valence-electron chi connectivity index (χ0n) is 15.8. The molecule has 1 aliphatic carbocycles. The first-order valence-corrected chi connectivity index (χ1v) is 9.67. The second kappa shape index (κ2) is 7.17. The minimum atomic E-state index is -0.563. The van der Waals surface area contributed by atoms with Crippen LogP contribution in [-0.2, 0) is 6.54 Å². The zero-order valence-corrected chi connectivity index (χ0v) is 15.8. The van der Waals surface area contributed by atoms with Gasteiger partial charge in [0, 0.05) is 30.6 Å². The third kappa shape index (κ3) is 3.56. The number of nitrogens with zero attached hydrogens (tertiary/aromatic N) is 3. The summed E-state index contributed by atoms with van der Waals surface area (Å²) >= 11 is 0. The minimum absolute atomic E-state index is 0.103. The van der Waals surface area contributed by atoms with E-state index in [4.69, 9.17) is 0 Å². The average molecular weight is 370 g/mol. The van der Waals surface area contributed by atoms with E-state index in [-0.39, 0.29) is 11.5 Å². The van der Waals surface area contributed by atoms with E-state index in [1.807, 2.05) is 6.07 Å². The van der Waals surface area contributed by atoms with E-state index in [1.54, 1.807) is 0 Å². The SMILES string of the molecule is CC(C)C1N(Cc2ccccc2)CC12C[C@@H](O)[C@H](Nc1cc(F)ncn1)C2. The Hall–Kier alpha value is -2.05. The van der Waals surface area contributed by atoms with Gasteiger partial charge in [0.25, 0.3) is 0 Å². The Kier molecular flexibility index (Phi) is 4.86. The van der Waals surface area contributed by atoms with Crippen LogP contribution in [0.15, 0.2) is 42.7 Å². The number of hydrogen-bond acceptors (Lipinski definition) is 5. The number of aliphatic hydroxyl groups is 1. The van der Waals surface area contributed by atoms with E-state index in [0.717, 1.165) is 25.9 Å². The van der Waals surface area contributed by atoms with Crippen molar-refractivity contribution in [3.05, 3.63) is 54.2 Å². The van der Waals surface area contributed by atoms with E-state index >= 15 is 0 Å². The largest absolute Gasteiger partial charge is 0.391 e. The van der Waals surface area contributed by atoms with Crippen molar-refractivity contribution in [2.45, 2.75) is 51.4 Å². The van der Waals surface area contributed by atoms with Gasteiger partial charge in [-0.1, -0.05) is 44.2 Å². The Morgan fingerprint density at radius 2 is 2.04 bits per heavy atom. The fraction of sp³-hybridized carbons (Fsp3) is 0.524. The lowest BCUT2D eigenvalue weighted by molar-refractivity contribution is -0.105. The highest BCUT2D eigenvalue weighted by atomic mass is 19.1. The number of rotatable bonds is 5. The van der Waals surface area contributed by atoms with Crippen LogP contribution in [0, 0.1) is 17.3 Å². The Morgan fingerprint density at radius 1 is 1.26 bits per heavy atom. The standard InChI is InChI=1S/C21H27FN4O/c1-14(2)20-21(12-26(20)11-15-6-4-3-5-7-15)9-16(17(27)10-21)25-19-8-18(22)23-13-24-19/h3-8,13-14,16-17,20,27H,9-12H2,1-2H3,(H,23,24,25)/t16-,17-,20?,21?/m1/s1. The molecule has 2 heterocycles. The molecule has 4 atom stereocenters. The van der Waals surface area contributed by atoms with Crippen LogP contribution >= 0.6 is 0 Å². The van der Waals surface area contributed by atoms with Gasteiger partial charge < -0.3 is 10.4 Å². The predicted molar refractivity (Wildman–Crippen MR) is 103 cm³/mol. The molecule has 4 rings (SSSR count). The van der Waals surface area contributed by atoms with Gasteiger partial charge >= 0.3 is 0 Å². The number of aliphatic hydroxyl groups excluding tert-OH is 1. The molecule has 1 saturated heterocycles. The molecule has 2 aliphatic rings. The molecule has 27 heavy (non-hydrogen) atoms. The van der Waals surface area contributed by atoms with Crippen molar-refractivity contribution in [1.82, 2.24) is 14.9 Å². The van der Waals surface area contributed by atoms with Crippen LogP contribution in [0.5, 0.6) is 0 Å². The first kappa shape index (κ1) is 18.3. The van der Waals surface area contributed by atoms with Crippen LogP contribution < -0.4 is 5.32 Å². The molecule has 0 amide bonds. The first-order valence-electron chi connectivity index (χ1n) is 9.67. The maximum atomic E-state index is 13.3. The van der Waals surface area contributed by atoms with E-state index in [9.17, 15) is 9.50 Å². The monoisotopic (exact) mass is 370 g/mol. The molecular formula is C21H27FN4O. The summed E-state index contributed by atoms with van der Waals surface area (Å²) in [5.41, 5.74) is 1.42. The lowest BCUT2D eigenvalue weighted by Crippen LogP contribution is -2.65. The predicted octanol–water partition coefficient (Wildman–Crippen LogP) is 3.08. The van der Waals surface area contributed by atoms with Crippen molar-refractivity contribution in [2.24, 2.45) is 11.3 Å². The Labute approximate surface area is 159 Å². The van der Waals surface area contributed by atoms with Crippen LogP contribution in [0.2, 0.25) is 0 Å². The van der Waals surface area contributed by atoms with Gasteiger partial charge in [0.05, 0.1) is 12.1 Å². The van der Waals surface area contributed by atoms with Crippen molar-refractivity contribution >= 4 is 5.82 Å². The first-order chi connectivity index (χ1) is 13.0. The molecule has 2 aromatic rings.